The van der Waals surface area contributed by atoms with Gasteiger partial charge >= 0.3 is 0 Å². The highest BCUT2D eigenvalue weighted by Gasteiger charge is 2.31. The molecule has 0 aliphatic carbocycles. The van der Waals surface area contributed by atoms with Gasteiger partial charge in [0, 0.05) is 6.61 Å². The summed E-state index contributed by atoms with van der Waals surface area (Å²) in [6.07, 6.45) is 1.61. The van der Waals surface area contributed by atoms with Gasteiger partial charge in [0.25, 0.3) is 0 Å². The van der Waals surface area contributed by atoms with E-state index < -0.39 is 11.9 Å². The quantitative estimate of drug-likeness (QED) is 0.910. The smallest absolute Gasteiger partial charge is 0.242 e. The van der Waals surface area contributed by atoms with Gasteiger partial charge < -0.3 is 10.1 Å². The van der Waals surface area contributed by atoms with Gasteiger partial charge in [0.2, 0.25) is 5.91 Å². The lowest BCUT2D eigenvalue weighted by molar-refractivity contribution is -0.123. The van der Waals surface area contributed by atoms with E-state index >= 15 is 0 Å². The molecule has 1 N–H and O–H groups in total. The van der Waals surface area contributed by atoms with Crippen LogP contribution in [-0.2, 0) is 16.1 Å². The number of benzene rings is 1. The van der Waals surface area contributed by atoms with Crippen molar-refractivity contribution in [3.05, 3.63) is 40.9 Å². The van der Waals surface area contributed by atoms with Crippen molar-refractivity contribution in [1.29, 1.82) is 0 Å². The number of aromatic nitrogens is 4. The van der Waals surface area contributed by atoms with Gasteiger partial charge in [-0.05, 0) is 34.5 Å². The number of nitrogens with one attached hydrogen (secondary N) is 1. The third-order valence-electron chi connectivity index (χ3n) is 3.41. The number of hydrogen-bond donors (Lipinski definition) is 1. The van der Waals surface area contributed by atoms with Crippen molar-refractivity contribution < 1.29 is 13.9 Å². The first-order valence-electron chi connectivity index (χ1n) is 6.70. The third kappa shape index (κ3) is 3.23. The summed E-state index contributed by atoms with van der Waals surface area (Å²) >= 11 is 5.68. The first-order valence-corrected chi connectivity index (χ1v) is 7.08. The normalized spacial score (nSPS) is 21.0. The van der Waals surface area contributed by atoms with Crippen LogP contribution in [0.15, 0.2) is 24.5 Å². The Bertz CT molecular complexity index is 666. The molecule has 2 atom stereocenters. The molecule has 2 aromatic rings. The fraction of sp³-hybridized carbons (Fsp3) is 0.385. The molecule has 1 aromatic heterocycles. The number of tetrazole rings is 1. The van der Waals surface area contributed by atoms with Crippen molar-refractivity contribution in [3.63, 3.8) is 0 Å². The predicted octanol–water partition coefficient (Wildman–Crippen LogP) is 1.11. The Labute approximate surface area is 130 Å². The molecule has 1 fully saturated rings. The van der Waals surface area contributed by atoms with E-state index in [-0.39, 0.29) is 23.5 Å². The van der Waals surface area contributed by atoms with E-state index in [2.05, 4.69) is 20.8 Å². The first kappa shape index (κ1) is 14.9. The Morgan fingerprint density at radius 1 is 1.55 bits per heavy atom. The number of halogens is 2. The van der Waals surface area contributed by atoms with Gasteiger partial charge in [-0.3, -0.25) is 4.79 Å². The number of amides is 1. The van der Waals surface area contributed by atoms with Gasteiger partial charge in [-0.25, -0.2) is 9.07 Å². The van der Waals surface area contributed by atoms with Crippen molar-refractivity contribution >= 4 is 17.5 Å². The van der Waals surface area contributed by atoms with Crippen molar-refractivity contribution in [1.82, 2.24) is 25.5 Å². The molecule has 1 saturated heterocycles. The van der Waals surface area contributed by atoms with Gasteiger partial charge in [-0.1, -0.05) is 17.7 Å². The average molecular weight is 326 g/mol. The zero-order chi connectivity index (χ0) is 15.5. The van der Waals surface area contributed by atoms with Crippen molar-refractivity contribution in [2.24, 2.45) is 0 Å². The molecule has 0 saturated carbocycles. The molecule has 116 valence electrons. The molecule has 0 unspecified atom stereocenters. The number of carbonyl (C=O) groups excluding carboxylic acids is 1. The van der Waals surface area contributed by atoms with Crippen LogP contribution < -0.4 is 5.32 Å². The summed E-state index contributed by atoms with van der Waals surface area (Å²) in [5.41, 5.74) is 0.645. The fourth-order valence-corrected chi connectivity index (χ4v) is 2.53. The minimum atomic E-state index is -0.506. The van der Waals surface area contributed by atoms with Gasteiger partial charge in [-0.2, -0.15) is 0 Å². The average Bonchev–Trinajstić information content (AvgIpc) is 3.13. The molecule has 1 aliphatic heterocycles. The summed E-state index contributed by atoms with van der Waals surface area (Å²) in [6, 6.07) is 4.28. The summed E-state index contributed by atoms with van der Waals surface area (Å²) in [5, 5.41) is 13.5. The molecular weight excluding hydrogens is 313 g/mol. The van der Waals surface area contributed by atoms with Crippen LogP contribution in [0, 0.1) is 5.82 Å². The van der Waals surface area contributed by atoms with Crippen LogP contribution in [0.25, 0.3) is 0 Å². The van der Waals surface area contributed by atoms with Gasteiger partial charge in [0.1, 0.15) is 24.8 Å². The Balaban J connectivity index is 1.67. The molecule has 3 rings (SSSR count). The molecule has 0 spiro atoms. The molecule has 0 radical (unpaired) electrons. The maximum atomic E-state index is 13.6. The van der Waals surface area contributed by atoms with Crippen LogP contribution in [0.3, 0.4) is 0 Å². The van der Waals surface area contributed by atoms with E-state index in [0.29, 0.717) is 18.6 Å². The summed E-state index contributed by atoms with van der Waals surface area (Å²) in [4.78, 5) is 12.0. The third-order valence-corrected chi connectivity index (χ3v) is 3.71. The molecule has 2 heterocycles. The van der Waals surface area contributed by atoms with Crippen molar-refractivity contribution in [2.45, 2.75) is 25.1 Å². The summed E-state index contributed by atoms with van der Waals surface area (Å²) < 4.78 is 20.5. The molecule has 1 aliphatic rings. The van der Waals surface area contributed by atoms with Crippen LogP contribution in [-0.4, -0.2) is 38.8 Å². The van der Waals surface area contributed by atoms with E-state index in [0.717, 1.165) is 0 Å². The van der Waals surface area contributed by atoms with Crippen molar-refractivity contribution in [2.75, 3.05) is 6.61 Å². The Morgan fingerprint density at radius 3 is 3.14 bits per heavy atom. The minimum absolute atomic E-state index is 0.0190. The van der Waals surface area contributed by atoms with Crippen LogP contribution in [0.2, 0.25) is 5.02 Å². The lowest BCUT2D eigenvalue weighted by Crippen LogP contribution is -2.38. The van der Waals surface area contributed by atoms with Crippen LogP contribution in [0.1, 0.15) is 18.1 Å². The molecule has 22 heavy (non-hydrogen) atoms. The number of ether oxygens (including phenoxy) is 1. The maximum absolute atomic E-state index is 13.6. The standard InChI is InChI=1S/C13H13ClFN5O2/c14-9-2-1-8(5-10(9)15)13-11(3-4-22-13)17-12(21)6-20-7-16-18-19-20/h1-2,5,7,11,13H,3-4,6H2,(H,17,21)/t11-,13+/m0/s1. The summed E-state index contributed by atoms with van der Waals surface area (Å²) in [6.45, 7) is 0.510. The van der Waals surface area contributed by atoms with E-state index in [4.69, 9.17) is 16.3 Å². The lowest BCUT2D eigenvalue weighted by Gasteiger charge is -2.20. The zero-order valence-corrected chi connectivity index (χ0v) is 12.2. The van der Waals surface area contributed by atoms with E-state index in [1.54, 1.807) is 6.07 Å². The Morgan fingerprint density at radius 2 is 2.41 bits per heavy atom. The van der Waals surface area contributed by atoms with Crippen LogP contribution in [0.4, 0.5) is 4.39 Å². The van der Waals surface area contributed by atoms with Gasteiger partial charge in [-0.15, -0.1) is 5.10 Å². The molecule has 1 aromatic carbocycles. The second-order valence-electron chi connectivity index (χ2n) is 4.94. The van der Waals surface area contributed by atoms with Gasteiger partial charge in [0.05, 0.1) is 11.1 Å². The van der Waals surface area contributed by atoms with Crippen molar-refractivity contribution in [3.8, 4) is 0 Å². The highest BCUT2D eigenvalue weighted by atomic mass is 35.5. The minimum Gasteiger partial charge on any atom is -0.371 e. The topological polar surface area (TPSA) is 81.9 Å². The fourth-order valence-electron chi connectivity index (χ4n) is 2.41. The van der Waals surface area contributed by atoms with E-state index in [1.165, 1.54) is 23.1 Å². The van der Waals surface area contributed by atoms with Crippen LogP contribution in [0.5, 0.6) is 0 Å². The number of nitrogens with zero attached hydrogens (tertiary/aromatic N) is 4. The highest BCUT2D eigenvalue weighted by molar-refractivity contribution is 6.30. The van der Waals surface area contributed by atoms with Gasteiger partial charge in [0.15, 0.2) is 0 Å². The van der Waals surface area contributed by atoms with E-state index in [1.807, 2.05) is 0 Å². The number of carbonyl (C=O) groups is 1. The molecule has 0 bridgehead atoms. The van der Waals surface area contributed by atoms with E-state index in [9.17, 15) is 9.18 Å². The Hall–Kier alpha value is -2.06. The second-order valence-corrected chi connectivity index (χ2v) is 5.34. The van der Waals surface area contributed by atoms with Crippen LogP contribution >= 0.6 is 11.6 Å². The highest BCUT2D eigenvalue weighted by Crippen LogP contribution is 2.31. The zero-order valence-electron chi connectivity index (χ0n) is 11.4. The SMILES string of the molecule is O=C(Cn1cnnn1)N[C@H]1CCO[C@@H]1c1ccc(Cl)c(F)c1. The largest absolute Gasteiger partial charge is 0.371 e. The second kappa shape index (κ2) is 6.37. The summed E-state index contributed by atoms with van der Waals surface area (Å²) in [5.74, 6) is -0.740. The first-order chi connectivity index (χ1) is 10.6. The predicted molar refractivity (Wildman–Crippen MR) is 74.5 cm³/mol. The molecule has 1 amide bonds. The number of hydrogen-bond acceptors (Lipinski definition) is 5. The molecular formula is C13H13ClFN5O2. The lowest BCUT2D eigenvalue weighted by atomic mass is 10.0. The molecule has 9 heteroatoms. The summed E-state index contributed by atoms with van der Waals surface area (Å²) in [7, 11) is 0. The Kier molecular flexibility index (Phi) is 4.30. The number of rotatable bonds is 4. The monoisotopic (exact) mass is 325 g/mol. The maximum Gasteiger partial charge on any atom is 0.242 e. The molecule has 7 nitrogen and oxygen atoms in total.